The van der Waals surface area contributed by atoms with Crippen molar-refractivity contribution in [2.24, 2.45) is 17.1 Å². The van der Waals surface area contributed by atoms with Gasteiger partial charge in [0.2, 0.25) is 0 Å². The first-order valence-corrected chi connectivity index (χ1v) is 8.13. The minimum absolute atomic E-state index is 0.0459. The molecule has 1 saturated heterocycles. The van der Waals surface area contributed by atoms with Crippen molar-refractivity contribution in [3.8, 4) is 0 Å². The number of likely N-dealkylation sites (N-methyl/N-ethyl adjacent to an activating group) is 1. The molecule has 3 nitrogen and oxygen atoms in total. The summed E-state index contributed by atoms with van der Waals surface area (Å²) in [6, 6.07) is 8.59. The monoisotopic (exact) mass is 288 g/mol. The standard InChI is InChI=1S/C18H28N2O/c1-5-20(15-9-7-6-8-13(15)2)12-18(19)14-10-11-21-16(14)17(18,3)4/h6-9,14,16H,5,10-12,19H2,1-4H3. The van der Waals surface area contributed by atoms with Gasteiger partial charge in [-0.3, -0.25) is 0 Å². The topological polar surface area (TPSA) is 38.5 Å². The Hall–Kier alpha value is -1.06. The van der Waals surface area contributed by atoms with E-state index in [9.17, 15) is 0 Å². The number of hydrogen-bond acceptors (Lipinski definition) is 3. The van der Waals surface area contributed by atoms with Gasteiger partial charge in [0, 0.05) is 42.3 Å². The third-order valence-electron chi connectivity index (χ3n) is 5.95. The SMILES string of the molecule is CCN(CC1(N)C2CCOC2C1(C)C)c1ccccc1C. The van der Waals surface area contributed by atoms with Crippen LogP contribution in [0.5, 0.6) is 0 Å². The lowest BCUT2D eigenvalue weighted by Gasteiger charge is -2.63. The molecule has 116 valence electrons. The summed E-state index contributed by atoms with van der Waals surface area (Å²) < 4.78 is 5.91. The summed E-state index contributed by atoms with van der Waals surface area (Å²) >= 11 is 0. The van der Waals surface area contributed by atoms with Crippen molar-refractivity contribution in [3.05, 3.63) is 29.8 Å². The Kier molecular flexibility index (Phi) is 3.53. The molecular formula is C18H28N2O. The first-order chi connectivity index (χ1) is 9.91. The van der Waals surface area contributed by atoms with Crippen LogP contribution in [-0.4, -0.2) is 31.3 Å². The molecule has 3 rings (SSSR count). The van der Waals surface area contributed by atoms with Crippen molar-refractivity contribution in [3.63, 3.8) is 0 Å². The fraction of sp³-hybridized carbons (Fsp3) is 0.667. The molecule has 21 heavy (non-hydrogen) atoms. The molecule has 0 aromatic heterocycles. The van der Waals surface area contributed by atoms with E-state index in [0.29, 0.717) is 12.0 Å². The molecular weight excluding hydrogens is 260 g/mol. The van der Waals surface area contributed by atoms with Gasteiger partial charge in [0.1, 0.15) is 0 Å². The van der Waals surface area contributed by atoms with Gasteiger partial charge >= 0.3 is 0 Å². The number of rotatable bonds is 4. The zero-order valence-corrected chi connectivity index (χ0v) is 13.7. The maximum atomic E-state index is 6.91. The van der Waals surface area contributed by atoms with E-state index in [4.69, 9.17) is 10.5 Å². The first kappa shape index (κ1) is 14.9. The average molecular weight is 288 g/mol. The Morgan fingerprint density at radius 1 is 1.33 bits per heavy atom. The fourth-order valence-electron chi connectivity index (χ4n) is 4.40. The number of para-hydroxylation sites is 1. The smallest absolute Gasteiger partial charge is 0.0691 e. The molecule has 0 amide bonds. The highest BCUT2D eigenvalue weighted by atomic mass is 16.5. The number of ether oxygens (including phenoxy) is 1. The Bertz CT molecular complexity index is 528. The number of benzene rings is 1. The number of fused-ring (bicyclic) bond motifs is 1. The van der Waals surface area contributed by atoms with E-state index in [1.807, 2.05) is 0 Å². The van der Waals surface area contributed by atoms with Gasteiger partial charge < -0.3 is 15.4 Å². The zero-order chi connectivity index (χ0) is 15.3. The van der Waals surface area contributed by atoms with Crippen LogP contribution in [0, 0.1) is 18.3 Å². The predicted molar refractivity (Wildman–Crippen MR) is 87.6 cm³/mol. The van der Waals surface area contributed by atoms with Crippen LogP contribution in [0.4, 0.5) is 5.69 Å². The molecule has 0 spiro atoms. The first-order valence-electron chi connectivity index (χ1n) is 8.13. The molecule has 1 aliphatic heterocycles. The van der Waals surface area contributed by atoms with Crippen molar-refractivity contribution in [2.45, 2.75) is 45.8 Å². The summed E-state index contributed by atoms with van der Waals surface area (Å²) in [5, 5.41) is 0. The van der Waals surface area contributed by atoms with Gasteiger partial charge in [0.25, 0.3) is 0 Å². The van der Waals surface area contributed by atoms with Crippen LogP contribution < -0.4 is 10.6 Å². The summed E-state index contributed by atoms with van der Waals surface area (Å²) in [5.41, 5.74) is 9.42. The van der Waals surface area contributed by atoms with Gasteiger partial charge in [0.15, 0.2) is 0 Å². The number of nitrogens with zero attached hydrogens (tertiary/aromatic N) is 1. The molecule has 1 heterocycles. The second-order valence-electron chi connectivity index (χ2n) is 7.25. The molecule has 2 fully saturated rings. The normalized spacial score (nSPS) is 33.4. The lowest BCUT2D eigenvalue weighted by atomic mass is 9.48. The van der Waals surface area contributed by atoms with Crippen LogP contribution in [-0.2, 0) is 4.74 Å². The number of anilines is 1. The molecule has 1 aromatic carbocycles. The largest absolute Gasteiger partial charge is 0.377 e. The molecule has 0 radical (unpaired) electrons. The third kappa shape index (κ3) is 2.01. The van der Waals surface area contributed by atoms with Gasteiger partial charge in [0.05, 0.1) is 6.10 Å². The van der Waals surface area contributed by atoms with Crippen molar-refractivity contribution in [1.82, 2.24) is 0 Å². The Balaban J connectivity index is 1.86. The molecule has 3 atom stereocenters. The van der Waals surface area contributed by atoms with Gasteiger partial charge in [-0.1, -0.05) is 32.0 Å². The van der Waals surface area contributed by atoms with E-state index < -0.39 is 0 Å². The molecule has 3 heteroatoms. The third-order valence-corrected chi connectivity index (χ3v) is 5.95. The minimum Gasteiger partial charge on any atom is -0.377 e. The number of aryl methyl sites for hydroxylation is 1. The van der Waals surface area contributed by atoms with Crippen LogP contribution in [0.3, 0.4) is 0 Å². The lowest BCUT2D eigenvalue weighted by molar-refractivity contribution is -0.151. The van der Waals surface area contributed by atoms with E-state index in [0.717, 1.165) is 26.1 Å². The zero-order valence-electron chi connectivity index (χ0n) is 13.7. The Morgan fingerprint density at radius 3 is 2.71 bits per heavy atom. The Morgan fingerprint density at radius 2 is 2.05 bits per heavy atom. The molecule has 1 aromatic rings. The maximum absolute atomic E-state index is 6.91. The highest BCUT2D eigenvalue weighted by Crippen LogP contribution is 2.58. The van der Waals surface area contributed by atoms with Crippen LogP contribution in [0.1, 0.15) is 32.8 Å². The summed E-state index contributed by atoms with van der Waals surface area (Å²) in [6.45, 7) is 11.7. The molecule has 0 bridgehead atoms. The van der Waals surface area contributed by atoms with Gasteiger partial charge in [-0.2, -0.15) is 0 Å². The minimum atomic E-state index is -0.160. The highest BCUT2D eigenvalue weighted by Gasteiger charge is 2.67. The second-order valence-corrected chi connectivity index (χ2v) is 7.25. The van der Waals surface area contributed by atoms with Crippen molar-refractivity contribution in [1.29, 1.82) is 0 Å². The molecule has 1 saturated carbocycles. The summed E-state index contributed by atoms with van der Waals surface area (Å²) in [5.74, 6) is 0.505. The van der Waals surface area contributed by atoms with Crippen molar-refractivity contribution in [2.75, 3.05) is 24.6 Å². The Labute approximate surface area is 128 Å². The van der Waals surface area contributed by atoms with Gasteiger partial charge in [-0.25, -0.2) is 0 Å². The van der Waals surface area contributed by atoms with Crippen LogP contribution in [0.15, 0.2) is 24.3 Å². The summed E-state index contributed by atoms with van der Waals surface area (Å²) in [7, 11) is 0. The van der Waals surface area contributed by atoms with E-state index in [-0.39, 0.29) is 11.0 Å². The van der Waals surface area contributed by atoms with E-state index in [1.54, 1.807) is 0 Å². The highest BCUT2D eigenvalue weighted by molar-refractivity contribution is 5.53. The quantitative estimate of drug-likeness (QED) is 0.925. The fourth-order valence-corrected chi connectivity index (χ4v) is 4.40. The van der Waals surface area contributed by atoms with Crippen LogP contribution in [0.25, 0.3) is 0 Å². The van der Waals surface area contributed by atoms with Gasteiger partial charge in [-0.05, 0) is 31.9 Å². The average Bonchev–Trinajstić information content (AvgIpc) is 2.94. The molecule has 2 aliphatic rings. The lowest BCUT2D eigenvalue weighted by Crippen LogP contribution is -2.78. The van der Waals surface area contributed by atoms with E-state index in [2.05, 4.69) is 56.9 Å². The van der Waals surface area contributed by atoms with Gasteiger partial charge in [-0.15, -0.1) is 0 Å². The van der Waals surface area contributed by atoms with E-state index in [1.165, 1.54) is 11.3 Å². The number of hydrogen-bond donors (Lipinski definition) is 1. The van der Waals surface area contributed by atoms with Crippen LogP contribution in [0.2, 0.25) is 0 Å². The summed E-state index contributed by atoms with van der Waals surface area (Å²) in [4.78, 5) is 2.44. The van der Waals surface area contributed by atoms with Crippen molar-refractivity contribution >= 4 is 5.69 Å². The predicted octanol–water partition coefficient (Wildman–Crippen LogP) is 2.96. The molecule has 1 aliphatic carbocycles. The van der Waals surface area contributed by atoms with E-state index >= 15 is 0 Å². The second kappa shape index (κ2) is 4.99. The summed E-state index contributed by atoms with van der Waals surface area (Å²) in [6.07, 6.45) is 1.45. The molecule has 3 unspecified atom stereocenters. The van der Waals surface area contributed by atoms with Crippen LogP contribution >= 0.6 is 0 Å². The molecule has 2 N–H and O–H groups in total. The van der Waals surface area contributed by atoms with Crippen molar-refractivity contribution < 1.29 is 4.74 Å². The number of nitrogens with two attached hydrogens (primary N) is 1. The maximum Gasteiger partial charge on any atom is 0.0691 e.